The molecule has 0 bridgehead atoms. The summed E-state index contributed by atoms with van der Waals surface area (Å²) >= 11 is 2.20. The Bertz CT molecular complexity index is 379. The van der Waals surface area contributed by atoms with Gasteiger partial charge in [0, 0.05) is 10.1 Å². The Morgan fingerprint density at radius 2 is 2.06 bits per heavy atom. The second-order valence-electron chi connectivity index (χ2n) is 4.61. The molecule has 1 amide bonds. The van der Waals surface area contributed by atoms with E-state index in [0.29, 0.717) is 5.92 Å². The minimum atomic E-state index is 0.0509. The number of amides is 1. The summed E-state index contributed by atoms with van der Waals surface area (Å²) in [6.45, 7) is 5.19. The summed E-state index contributed by atoms with van der Waals surface area (Å²) in [5, 5.41) is 3.06. The normalized spacial score (nSPS) is 12.2. The molecule has 3 heteroatoms. The van der Waals surface area contributed by atoms with Crippen LogP contribution in [0.2, 0.25) is 0 Å². The average Bonchev–Trinajstić information content (AvgIpc) is 2.39. The van der Waals surface area contributed by atoms with Gasteiger partial charge in [0.2, 0.25) is 0 Å². The molecule has 0 aromatic heterocycles. The first-order chi connectivity index (χ1) is 8.69. The largest absolute Gasteiger partial charge is 0.352 e. The molecule has 100 valence electrons. The van der Waals surface area contributed by atoms with Crippen molar-refractivity contribution in [2.45, 2.75) is 39.5 Å². The molecule has 1 unspecified atom stereocenters. The molecule has 0 spiro atoms. The average molecular weight is 359 g/mol. The smallest absolute Gasteiger partial charge is 0.252 e. The van der Waals surface area contributed by atoms with Crippen LogP contribution in [0.3, 0.4) is 0 Å². The lowest BCUT2D eigenvalue weighted by atomic mass is 9.99. The second kappa shape index (κ2) is 8.51. The zero-order valence-corrected chi connectivity index (χ0v) is 13.4. The van der Waals surface area contributed by atoms with Gasteiger partial charge in [0.1, 0.15) is 0 Å². The molecule has 0 saturated heterocycles. The van der Waals surface area contributed by atoms with E-state index in [1.165, 1.54) is 19.3 Å². The topological polar surface area (TPSA) is 29.1 Å². The van der Waals surface area contributed by atoms with Gasteiger partial charge in [-0.2, -0.15) is 0 Å². The maximum Gasteiger partial charge on any atom is 0.252 e. The summed E-state index contributed by atoms with van der Waals surface area (Å²) in [6, 6.07) is 7.70. The number of nitrogens with one attached hydrogen (secondary N) is 1. The van der Waals surface area contributed by atoms with Crippen LogP contribution in [-0.4, -0.2) is 12.5 Å². The molecule has 0 fully saturated rings. The molecule has 0 aliphatic carbocycles. The number of carbonyl (C=O) groups excluding carboxylic acids is 1. The van der Waals surface area contributed by atoms with Gasteiger partial charge in [-0.3, -0.25) is 4.79 Å². The molecule has 0 heterocycles. The summed E-state index contributed by atoms with van der Waals surface area (Å²) in [7, 11) is 0. The molecule has 0 saturated carbocycles. The van der Waals surface area contributed by atoms with Crippen molar-refractivity contribution in [2.24, 2.45) is 5.92 Å². The van der Waals surface area contributed by atoms with Crippen molar-refractivity contribution in [1.29, 1.82) is 0 Å². The van der Waals surface area contributed by atoms with Crippen LogP contribution in [0.1, 0.15) is 49.9 Å². The SMILES string of the molecule is CCCCC(CC)CNC(=O)c1ccccc1I. The van der Waals surface area contributed by atoms with Crippen molar-refractivity contribution in [3.05, 3.63) is 33.4 Å². The van der Waals surface area contributed by atoms with E-state index in [9.17, 15) is 4.79 Å². The van der Waals surface area contributed by atoms with Crippen molar-refractivity contribution in [1.82, 2.24) is 5.32 Å². The van der Waals surface area contributed by atoms with Gasteiger partial charge < -0.3 is 5.32 Å². The number of carbonyl (C=O) groups is 1. The van der Waals surface area contributed by atoms with Crippen LogP contribution in [0.15, 0.2) is 24.3 Å². The number of halogens is 1. The van der Waals surface area contributed by atoms with Crippen LogP contribution >= 0.6 is 22.6 Å². The minimum absolute atomic E-state index is 0.0509. The van der Waals surface area contributed by atoms with Crippen molar-refractivity contribution in [3.8, 4) is 0 Å². The van der Waals surface area contributed by atoms with Crippen LogP contribution in [0.5, 0.6) is 0 Å². The van der Waals surface area contributed by atoms with Gasteiger partial charge in [0.25, 0.3) is 5.91 Å². The Labute approximate surface area is 124 Å². The third-order valence-electron chi connectivity index (χ3n) is 3.21. The molecule has 18 heavy (non-hydrogen) atoms. The van der Waals surface area contributed by atoms with Crippen molar-refractivity contribution in [3.63, 3.8) is 0 Å². The van der Waals surface area contributed by atoms with Gasteiger partial charge in [-0.05, 0) is 47.1 Å². The highest BCUT2D eigenvalue weighted by Crippen LogP contribution is 2.13. The van der Waals surface area contributed by atoms with Crippen molar-refractivity contribution >= 4 is 28.5 Å². The molecule has 0 aliphatic rings. The van der Waals surface area contributed by atoms with E-state index in [1.54, 1.807) is 0 Å². The molecule has 1 rings (SSSR count). The number of rotatable bonds is 7. The zero-order valence-electron chi connectivity index (χ0n) is 11.2. The monoisotopic (exact) mass is 359 g/mol. The maximum atomic E-state index is 12.0. The van der Waals surface area contributed by atoms with Gasteiger partial charge in [0.15, 0.2) is 0 Å². The molecule has 2 nitrogen and oxygen atoms in total. The van der Waals surface area contributed by atoms with Crippen LogP contribution in [0.4, 0.5) is 0 Å². The highest BCUT2D eigenvalue weighted by molar-refractivity contribution is 14.1. The lowest BCUT2D eigenvalue weighted by molar-refractivity contribution is 0.0945. The van der Waals surface area contributed by atoms with E-state index < -0.39 is 0 Å². The second-order valence-corrected chi connectivity index (χ2v) is 5.77. The fraction of sp³-hybridized carbons (Fsp3) is 0.533. The molecule has 0 aliphatic heterocycles. The Morgan fingerprint density at radius 3 is 2.67 bits per heavy atom. The summed E-state index contributed by atoms with van der Waals surface area (Å²) < 4.78 is 1.01. The van der Waals surface area contributed by atoms with Gasteiger partial charge in [0.05, 0.1) is 5.56 Å². The number of unbranched alkanes of at least 4 members (excludes halogenated alkanes) is 1. The Kier molecular flexibility index (Phi) is 7.32. The molecular formula is C15H22INO. The quantitative estimate of drug-likeness (QED) is 0.725. The van der Waals surface area contributed by atoms with Crippen LogP contribution < -0.4 is 5.32 Å². The number of hydrogen-bond donors (Lipinski definition) is 1. The minimum Gasteiger partial charge on any atom is -0.352 e. The van der Waals surface area contributed by atoms with Crippen LogP contribution in [0, 0.1) is 9.49 Å². The van der Waals surface area contributed by atoms with E-state index in [2.05, 4.69) is 41.8 Å². The van der Waals surface area contributed by atoms with E-state index in [4.69, 9.17) is 0 Å². The van der Waals surface area contributed by atoms with Crippen LogP contribution in [0.25, 0.3) is 0 Å². The number of hydrogen-bond acceptors (Lipinski definition) is 1. The Hall–Kier alpha value is -0.580. The predicted octanol–water partition coefficient (Wildman–Crippen LogP) is 4.24. The lowest BCUT2D eigenvalue weighted by Crippen LogP contribution is -2.29. The summed E-state index contributed by atoms with van der Waals surface area (Å²) in [4.78, 5) is 12.0. The maximum absolute atomic E-state index is 12.0. The molecular weight excluding hydrogens is 337 g/mol. The first-order valence-electron chi connectivity index (χ1n) is 6.71. The predicted molar refractivity (Wildman–Crippen MR) is 84.8 cm³/mol. The molecule has 1 atom stereocenters. The van der Waals surface area contributed by atoms with Gasteiger partial charge in [-0.25, -0.2) is 0 Å². The standard InChI is InChI=1S/C15H22INO/c1-3-5-8-12(4-2)11-17-15(18)13-9-6-7-10-14(13)16/h6-7,9-10,12H,3-5,8,11H2,1-2H3,(H,17,18). The first kappa shape index (κ1) is 15.5. The Balaban J connectivity index is 2.47. The first-order valence-corrected chi connectivity index (χ1v) is 7.79. The third-order valence-corrected chi connectivity index (χ3v) is 4.15. The molecule has 1 aromatic carbocycles. The van der Waals surface area contributed by atoms with E-state index in [0.717, 1.165) is 22.1 Å². The van der Waals surface area contributed by atoms with Gasteiger partial charge >= 0.3 is 0 Å². The van der Waals surface area contributed by atoms with Crippen molar-refractivity contribution < 1.29 is 4.79 Å². The highest BCUT2D eigenvalue weighted by atomic mass is 127. The van der Waals surface area contributed by atoms with E-state index >= 15 is 0 Å². The van der Waals surface area contributed by atoms with E-state index in [-0.39, 0.29) is 5.91 Å². The van der Waals surface area contributed by atoms with Crippen molar-refractivity contribution in [2.75, 3.05) is 6.54 Å². The molecule has 1 N–H and O–H groups in total. The van der Waals surface area contributed by atoms with E-state index in [1.807, 2.05) is 24.3 Å². The molecule has 1 aromatic rings. The molecule has 0 radical (unpaired) electrons. The number of benzene rings is 1. The van der Waals surface area contributed by atoms with Gasteiger partial charge in [-0.15, -0.1) is 0 Å². The zero-order chi connectivity index (χ0) is 13.4. The summed E-state index contributed by atoms with van der Waals surface area (Å²) in [5.41, 5.74) is 0.781. The Morgan fingerprint density at radius 1 is 1.33 bits per heavy atom. The van der Waals surface area contributed by atoms with Crippen LogP contribution in [-0.2, 0) is 0 Å². The highest BCUT2D eigenvalue weighted by Gasteiger charge is 2.11. The fourth-order valence-corrected chi connectivity index (χ4v) is 2.55. The summed E-state index contributed by atoms with van der Waals surface area (Å²) in [5.74, 6) is 0.658. The van der Waals surface area contributed by atoms with Gasteiger partial charge in [-0.1, -0.05) is 45.2 Å². The lowest BCUT2D eigenvalue weighted by Gasteiger charge is -2.15. The third kappa shape index (κ3) is 4.96. The fourth-order valence-electron chi connectivity index (χ4n) is 1.92. The summed E-state index contributed by atoms with van der Waals surface area (Å²) in [6.07, 6.45) is 4.81.